The molecule has 0 spiro atoms. The number of hydrogen-bond acceptors (Lipinski definition) is 5. The Bertz CT molecular complexity index is 948. The number of pyridine rings is 1. The van der Waals surface area contributed by atoms with Gasteiger partial charge in [-0.1, -0.05) is 37.5 Å². The molecule has 1 aromatic carbocycles. The summed E-state index contributed by atoms with van der Waals surface area (Å²) >= 11 is 0. The van der Waals surface area contributed by atoms with Crippen LogP contribution in [0, 0.1) is 0 Å². The second-order valence-corrected chi connectivity index (χ2v) is 7.52. The molecular weight excluding hydrogens is 368 g/mol. The monoisotopic (exact) mass is 392 g/mol. The summed E-state index contributed by atoms with van der Waals surface area (Å²) in [5.41, 5.74) is 1.28. The van der Waals surface area contributed by atoms with Gasteiger partial charge in [0, 0.05) is 24.0 Å². The van der Waals surface area contributed by atoms with Crippen LogP contribution < -0.4 is 4.74 Å². The van der Waals surface area contributed by atoms with Gasteiger partial charge >= 0.3 is 0 Å². The van der Waals surface area contributed by atoms with Crippen molar-refractivity contribution in [1.29, 1.82) is 0 Å². The maximum atomic E-state index is 13.1. The number of rotatable bonds is 4. The molecular formula is C23H24N2O4. The van der Waals surface area contributed by atoms with Crippen molar-refractivity contribution >= 4 is 17.4 Å². The van der Waals surface area contributed by atoms with Gasteiger partial charge in [0.1, 0.15) is 11.5 Å². The Balaban J connectivity index is 1.86. The number of ether oxygens (including phenoxy) is 1. The predicted molar refractivity (Wildman–Crippen MR) is 108 cm³/mol. The first kappa shape index (κ1) is 19.2. The van der Waals surface area contributed by atoms with E-state index in [1.807, 2.05) is 6.07 Å². The number of Topliss-reactive ketones (excluding diaryl/α,β-unsaturated/α-hetero) is 1. The maximum absolute atomic E-state index is 13.1. The van der Waals surface area contributed by atoms with Gasteiger partial charge in [-0.25, -0.2) is 0 Å². The average molecular weight is 392 g/mol. The van der Waals surface area contributed by atoms with Gasteiger partial charge in [0.2, 0.25) is 0 Å². The minimum Gasteiger partial charge on any atom is -0.507 e. The molecule has 1 aromatic heterocycles. The first-order chi connectivity index (χ1) is 14.1. The molecule has 1 aliphatic carbocycles. The number of methoxy groups -OCH3 is 1. The molecule has 6 nitrogen and oxygen atoms in total. The first-order valence-electron chi connectivity index (χ1n) is 9.96. The number of likely N-dealkylation sites (tertiary alicyclic amines) is 1. The Morgan fingerprint density at radius 1 is 1.14 bits per heavy atom. The fourth-order valence-electron chi connectivity index (χ4n) is 4.38. The molecule has 1 atom stereocenters. The zero-order chi connectivity index (χ0) is 20.4. The molecule has 29 heavy (non-hydrogen) atoms. The molecule has 2 heterocycles. The molecule has 1 aliphatic heterocycles. The summed E-state index contributed by atoms with van der Waals surface area (Å²) < 4.78 is 5.24. The summed E-state index contributed by atoms with van der Waals surface area (Å²) in [6.45, 7) is 0. The molecule has 2 aromatic rings. The van der Waals surface area contributed by atoms with Gasteiger partial charge in [0.05, 0.1) is 18.7 Å². The minimum absolute atomic E-state index is 0.0129. The van der Waals surface area contributed by atoms with E-state index in [9.17, 15) is 14.7 Å². The fraction of sp³-hybridized carbons (Fsp3) is 0.348. The van der Waals surface area contributed by atoms with Gasteiger partial charge in [0.25, 0.3) is 11.7 Å². The van der Waals surface area contributed by atoms with Gasteiger partial charge < -0.3 is 14.7 Å². The third-order valence-electron chi connectivity index (χ3n) is 5.79. The summed E-state index contributed by atoms with van der Waals surface area (Å²) in [4.78, 5) is 31.9. The zero-order valence-electron chi connectivity index (χ0n) is 16.4. The molecule has 1 saturated carbocycles. The number of nitrogens with zero attached hydrogens (tertiary/aromatic N) is 2. The van der Waals surface area contributed by atoms with E-state index in [0.29, 0.717) is 11.3 Å². The number of aliphatic hydroxyl groups excluding tert-OH is 1. The number of hydrogen-bond donors (Lipinski definition) is 1. The van der Waals surface area contributed by atoms with Crippen LogP contribution in [0.25, 0.3) is 5.76 Å². The summed E-state index contributed by atoms with van der Waals surface area (Å²) in [6, 6.07) is 9.83. The largest absolute Gasteiger partial charge is 0.507 e. The lowest BCUT2D eigenvalue weighted by atomic mass is 9.91. The standard InChI is InChI=1S/C23H24N2O4/c1-29-18-11-5-7-15(13-18)21(26)19-20(16-8-6-12-24-14-16)25(23(28)22(19)27)17-9-3-2-4-10-17/h5-8,11-14,17,20,26H,2-4,9-10H2,1H3/b21-19-. The smallest absolute Gasteiger partial charge is 0.295 e. The zero-order valence-corrected chi connectivity index (χ0v) is 16.4. The van der Waals surface area contributed by atoms with Crippen LogP contribution in [0.4, 0.5) is 0 Å². The quantitative estimate of drug-likeness (QED) is 0.486. The highest BCUT2D eigenvalue weighted by Gasteiger charge is 2.48. The number of benzene rings is 1. The normalized spacial score (nSPS) is 22.1. The predicted octanol–water partition coefficient (Wildman–Crippen LogP) is 3.84. The van der Waals surface area contributed by atoms with Crippen molar-refractivity contribution in [2.45, 2.75) is 44.2 Å². The Kier molecular flexibility index (Phi) is 5.34. The Labute approximate surface area is 169 Å². The maximum Gasteiger partial charge on any atom is 0.295 e. The molecule has 1 amide bonds. The average Bonchev–Trinajstić information content (AvgIpc) is 3.05. The molecule has 150 valence electrons. The summed E-state index contributed by atoms with van der Waals surface area (Å²) in [7, 11) is 1.54. The van der Waals surface area contributed by atoms with Crippen LogP contribution in [0.15, 0.2) is 54.4 Å². The molecule has 6 heteroatoms. The van der Waals surface area contributed by atoms with Crippen molar-refractivity contribution in [1.82, 2.24) is 9.88 Å². The third-order valence-corrected chi connectivity index (χ3v) is 5.79. The number of amides is 1. The molecule has 2 fully saturated rings. The second-order valence-electron chi connectivity index (χ2n) is 7.52. The number of carbonyl (C=O) groups excluding carboxylic acids is 2. The van der Waals surface area contributed by atoms with E-state index in [1.165, 1.54) is 7.11 Å². The second kappa shape index (κ2) is 8.07. The van der Waals surface area contributed by atoms with Crippen molar-refractivity contribution in [2.75, 3.05) is 7.11 Å². The van der Waals surface area contributed by atoms with Crippen LogP contribution in [0.5, 0.6) is 5.75 Å². The minimum atomic E-state index is -0.648. The van der Waals surface area contributed by atoms with Crippen LogP contribution >= 0.6 is 0 Å². The molecule has 0 radical (unpaired) electrons. The highest BCUT2D eigenvalue weighted by molar-refractivity contribution is 6.46. The molecule has 4 rings (SSSR count). The van der Waals surface area contributed by atoms with Crippen molar-refractivity contribution in [3.8, 4) is 5.75 Å². The van der Waals surface area contributed by atoms with E-state index >= 15 is 0 Å². The Hall–Kier alpha value is -3.15. The summed E-state index contributed by atoms with van der Waals surface area (Å²) in [5.74, 6) is -0.817. The lowest BCUT2D eigenvalue weighted by Crippen LogP contribution is -2.40. The van der Waals surface area contributed by atoms with Crippen molar-refractivity contribution in [3.63, 3.8) is 0 Å². The van der Waals surface area contributed by atoms with E-state index in [4.69, 9.17) is 4.74 Å². The molecule has 1 saturated heterocycles. The van der Waals surface area contributed by atoms with Crippen LogP contribution in [0.2, 0.25) is 0 Å². The number of aliphatic hydroxyl groups is 1. The molecule has 2 aliphatic rings. The van der Waals surface area contributed by atoms with Gasteiger partial charge in [-0.3, -0.25) is 14.6 Å². The topological polar surface area (TPSA) is 79.7 Å². The van der Waals surface area contributed by atoms with Crippen molar-refractivity contribution in [3.05, 3.63) is 65.5 Å². The third kappa shape index (κ3) is 3.50. The number of carbonyl (C=O) groups is 2. The summed E-state index contributed by atoms with van der Waals surface area (Å²) in [6.07, 6.45) is 8.24. The summed E-state index contributed by atoms with van der Waals surface area (Å²) in [5, 5.41) is 11.1. The van der Waals surface area contributed by atoms with Crippen LogP contribution in [0.1, 0.15) is 49.3 Å². The van der Waals surface area contributed by atoms with E-state index in [1.54, 1.807) is 47.6 Å². The van der Waals surface area contributed by atoms with E-state index in [0.717, 1.165) is 37.7 Å². The van der Waals surface area contributed by atoms with Crippen LogP contribution in [0.3, 0.4) is 0 Å². The Morgan fingerprint density at radius 2 is 1.93 bits per heavy atom. The van der Waals surface area contributed by atoms with Crippen molar-refractivity contribution in [2.24, 2.45) is 0 Å². The van der Waals surface area contributed by atoms with Crippen molar-refractivity contribution < 1.29 is 19.4 Å². The molecule has 1 N–H and O–H groups in total. The van der Waals surface area contributed by atoms with Crippen LogP contribution in [-0.4, -0.2) is 39.8 Å². The highest BCUT2D eigenvalue weighted by atomic mass is 16.5. The number of aromatic nitrogens is 1. The van der Waals surface area contributed by atoms with Gasteiger partial charge in [-0.05, 0) is 36.6 Å². The van der Waals surface area contributed by atoms with E-state index in [-0.39, 0.29) is 17.4 Å². The van der Waals surface area contributed by atoms with E-state index in [2.05, 4.69) is 4.98 Å². The van der Waals surface area contributed by atoms with E-state index < -0.39 is 17.7 Å². The first-order valence-corrected chi connectivity index (χ1v) is 9.96. The fourth-order valence-corrected chi connectivity index (χ4v) is 4.38. The van der Waals surface area contributed by atoms with Gasteiger partial charge in [-0.2, -0.15) is 0 Å². The van der Waals surface area contributed by atoms with Gasteiger partial charge in [0.15, 0.2) is 0 Å². The lowest BCUT2D eigenvalue weighted by molar-refractivity contribution is -0.141. The Morgan fingerprint density at radius 3 is 2.62 bits per heavy atom. The lowest BCUT2D eigenvalue weighted by Gasteiger charge is -2.35. The SMILES string of the molecule is COc1cccc(/C(O)=C2/C(=O)C(=O)N(C3CCCCC3)C2c2cccnc2)c1. The number of ketones is 1. The van der Waals surface area contributed by atoms with Gasteiger partial charge in [-0.15, -0.1) is 0 Å². The molecule has 1 unspecified atom stereocenters. The highest BCUT2D eigenvalue weighted by Crippen LogP contribution is 2.42. The van der Waals surface area contributed by atoms with Crippen LogP contribution in [-0.2, 0) is 9.59 Å². The molecule has 0 bridgehead atoms.